The highest BCUT2D eigenvalue weighted by atomic mass is 19.1. The molecule has 1 aliphatic rings. The number of hydrogen-bond acceptors (Lipinski definition) is 2. The Hall–Kier alpha value is -2.89. The number of nitrogens with zero attached hydrogens (tertiary/aromatic N) is 1. The number of rotatable bonds is 0. The van der Waals surface area contributed by atoms with Crippen LogP contribution in [0.15, 0.2) is 48.6 Å². The topological polar surface area (TPSA) is 45.3 Å². The number of carbonyl (C=O) groups is 1. The van der Waals surface area contributed by atoms with Gasteiger partial charge in [-0.1, -0.05) is 46.3 Å². The van der Waals surface area contributed by atoms with Crippen molar-refractivity contribution >= 4 is 27.9 Å². The molecule has 1 amide bonds. The molecule has 4 nitrogen and oxygen atoms in total. The van der Waals surface area contributed by atoms with E-state index in [1.54, 1.807) is 17.0 Å². The summed E-state index contributed by atoms with van der Waals surface area (Å²) < 4.78 is 31.3. The van der Waals surface area contributed by atoms with E-state index in [0.29, 0.717) is 17.3 Å². The highest BCUT2D eigenvalue weighted by Gasteiger charge is 2.21. The standard InChI is InChI=1S/C12H7F2N.C10H17NO2.C3H8.C2H6/c13-7-1-3-11-9(5-7)10-6-8(14)2-4-12(10)15-11;1-10(2,3)13-9(12)11-7-5-4-6-8-11;1-3-2;1-2/h1-6,15H;4-5H,6-8H2,1-3H3;3H2,1-2H3;1-2H3. The number of amides is 1. The van der Waals surface area contributed by atoms with Crippen molar-refractivity contribution in [3.8, 4) is 0 Å². The van der Waals surface area contributed by atoms with E-state index in [0.717, 1.165) is 24.0 Å². The number of nitrogens with one attached hydrogen (secondary N) is 1. The van der Waals surface area contributed by atoms with Crippen molar-refractivity contribution in [2.24, 2.45) is 0 Å². The van der Waals surface area contributed by atoms with E-state index >= 15 is 0 Å². The van der Waals surface area contributed by atoms with E-state index in [1.165, 1.54) is 30.7 Å². The molecule has 1 N–H and O–H groups in total. The summed E-state index contributed by atoms with van der Waals surface area (Å²) in [6.45, 7) is 15.3. The summed E-state index contributed by atoms with van der Waals surface area (Å²) in [5.41, 5.74) is 1.24. The third-order valence-electron chi connectivity index (χ3n) is 4.23. The summed E-state index contributed by atoms with van der Waals surface area (Å²) in [6, 6.07) is 8.90. The third kappa shape index (κ3) is 9.24. The Morgan fingerprint density at radius 1 is 0.970 bits per heavy atom. The summed E-state index contributed by atoms with van der Waals surface area (Å²) in [7, 11) is 0. The monoisotopic (exact) mass is 460 g/mol. The zero-order valence-corrected chi connectivity index (χ0v) is 21.0. The quantitative estimate of drug-likeness (QED) is 0.343. The number of aromatic amines is 1. The maximum Gasteiger partial charge on any atom is 0.410 e. The van der Waals surface area contributed by atoms with Crippen LogP contribution in [0.5, 0.6) is 0 Å². The normalized spacial score (nSPS) is 12.7. The molecule has 0 aliphatic carbocycles. The zero-order chi connectivity index (χ0) is 25.0. The van der Waals surface area contributed by atoms with Crippen molar-refractivity contribution in [2.45, 2.75) is 66.9 Å². The fourth-order valence-corrected chi connectivity index (χ4v) is 2.98. The lowest BCUT2D eigenvalue weighted by molar-refractivity contribution is 0.0268. The second-order valence-electron chi connectivity index (χ2n) is 8.40. The number of hydrogen-bond donors (Lipinski definition) is 1. The van der Waals surface area contributed by atoms with Gasteiger partial charge in [-0.3, -0.25) is 0 Å². The molecule has 1 aliphatic heterocycles. The molecule has 0 saturated carbocycles. The number of ether oxygens (including phenoxy) is 1. The van der Waals surface area contributed by atoms with E-state index in [2.05, 4.69) is 24.9 Å². The second kappa shape index (κ2) is 13.6. The number of carbonyl (C=O) groups excluding carboxylic acids is 1. The smallest absolute Gasteiger partial charge is 0.410 e. The van der Waals surface area contributed by atoms with Gasteiger partial charge in [0.15, 0.2) is 0 Å². The highest BCUT2D eigenvalue weighted by Crippen LogP contribution is 2.26. The highest BCUT2D eigenvalue weighted by molar-refractivity contribution is 6.07. The van der Waals surface area contributed by atoms with Crippen LogP contribution in [-0.2, 0) is 4.74 Å². The van der Waals surface area contributed by atoms with E-state index in [9.17, 15) is 13.6 Å². The molecule has 1 aromatic heterocycles. The molecule has 3 aromatic rings. The van der Waals surface area contributed by atoms with Crippen LogP contribution in [0.2, 0.25) is 0 Å². The molecule has 0 atom stereocenters. The Bertz CT molecular complexity index is 979. The predicted molar refractivity (Wildman–Crippen MR) is 135 cm³/mol. The van der Waals surface area contributed by atoms with Crippen molar-refractivity contribution in [2.75, 3.05) is 13.1 Å². The van der Waals surface area contributed by atoms with E-state index < -0.39 is 5.60 Å². The van der Waals surface area contributed by atoms with E-state index in [4.69, 9.17) is 4.74 Å². The number of halogens is 2. The predicted octanol–water partition coefficient (Wildman–Crippen LogP) is 8.23. The number of benzene rings is 2. The number of H-pyrrole nitrogens is 1. The minimum absolute atomic E-state index is 0.211. The van der Waals surface area contributed by atoms with Crippen LogP contribution in [-0.4, -0.2) is 34.7 Å². The number of fused-ring (bicyclic) bond motifs is 3. The first-order valence-electron chi connectivity index (χ1n) is 11.6. The summed E-state index contributed by atoms with van der Waals surface area (Å²) in [6.07, 6.45) is 6.05. The van der Waals surface area contributed by atoms with Crippen LogP contribution < -0.4 is 0 Å². The third-order valence-corrected chi connectivity index (χ3v) is 4.23. The molecule has 2 aromatic carbocycles. The van der Waals surface area contributed by atoms with Crippen molar-refractivity contribution < 1.29 is 18.3 Å². The molecular formula is C27H38F2N2O2. The van der Waals surface area contributed by atoms with Gasteiger partial charge in [0.1, 0.15) is 17.2 Å². The first-order chi connectivity index (χ1) is 15.6. The number of aromatic nitrogens is 1. The van der Waals surface area contributed by atoms with Gasteiger partial charge in [-0.05, 0) is 63.6 Å². The van der Waals surface area contributed by atoms with Crippen LogP contribution in [0.4, 0.5) is 13.6 Å². The second-order valence-corrected chi connectivity index (χ2v) is 8.40. The molecular weight excluding hydrogens is 422 g/mol. The summed E-state index contributed by atoms with van der Waals surface area (Å²) in [4.78, 5) is 16.3. The SMILES string of the molecule is CC.CC(C)(C)OC(=O)N1CC=CCC1.CCC.Fc1ccc2[nH]c3ccc(F)cc3c2c1. The van der Waals surface area contributed by atoms with Gasteiger partial charge < -0.3 is 14.6 Å². The zero-order valence-electron chi connectivity index (χ0n) is 21.0. The molecule has 182 valence electrons. The molecule has 33 heavy (non-hydrogen) atoms. The Balaban J connectivity index is 0.000000279. The average molecular weight is 461 g/mol. The summed E-state index contributed by atoms with van der Waals surface area (Å²) in [5.74, 6) is -0.625. The van der Waals surface area contributed by atoms with Gasteiger partial charge >= 0.3 is 6.09 Å². The van der Waals surface area contributed by atoms with Crippen molar-refractivity contribution in [1.82, 2.24) is 9.88 Å². The lowest BCUT2D eigenvalue weighted by Gasteiger charge is -2.27. The Morgan fingerprint density at radius 3 is 1.85 bits per heavy atom. The molecule has 0 saturated heterocycles. The fourth-order valence-electron chi connectivity index (χ4n) is 2.98. The maximum absolute atomic E-state index is 13.0. The van der Waals surface area contributed by atoms with Gasteiger partial charge in [-0.2, -0.15) is 0 Å². The van der Waals surface area contributed by atoms with Crippen LogP contribution in [0.1, 0.15) is 61.3 Å². The van der Waals surface area contributed by atoms with Crippen LogP contribution in [0, 0.1) is 11.6 Å². The molecule has 0 unspecified atom stereocenters. The maximum atomic E-state index is 13.0. The average Bonchev–Trinajstić information content (AvgIpc) is 3.13. The fraction of sp³-hybridized carbons (Fsp3) is 0.444. The van der Waals surface area contributed by atoms with Crippen molar-refractivity contribution in [3.05, 3.63) is 60.2 Å². The van der Waals surface area contributed by atoms with E-state index in [-0.39, 0.29) is 17.7 Å². The van der Waals surface area contributed by atoms with Crippen LogP contribution >= 0.6 is 0 Å². The van der Waals surface area contributed by atoms with Crippen LogP contribution in [0.3, 0.4) is 0 Å². The lowest BCUT2D eigenvalue weighted by atomic mass is 10.1. The van der Waals surface area contributed by atoms with Gasteiger partial charge in [-0.25, -0.2) is 13.6 Å². The Morgan fingerprint density at radius 2 is 1.45 bits per heavy atom. The first kappa shape index (κ1) is 28.1. The van der Waals surface area contributed by atoms with Gasteiger partial charge in [0.05, 0.1) is 0 Å². The Kier molecular flexibility index (Phi) is 11.6. The largest absolute Gasteiger partial charge is 0.444 e. The molecule has 2 heterocycles. The van der Waals surface area contributed by atoms with Gasteiger partial charge in [-0.15, -0.1) is 0 Å². The molecule has 0 radical (unpaired) electrons. The first-order valence-corrected chi connectivity index (χ1v) is 11.6. The molecule has 0 fully saturated rings. The lowest BCUT2D eigenvalue weighted by Crippen LogP contribution is -2.38. The van der Waals surface area contributed by atoms with Gasteiger partial charge in [0, 0.05) is 34.9 Å². The molecule has 0 bridgehead atoms. The van der Waals surface area contributed by atoms with Crippen LogP contribution in [0.25, 0.3) is 21.8 Å². The van der Waals surface area contributed by atoms with Crippen molar-refractivity contribution in [3.63, 3.8) is 0 Å². The summed E-state index contributed by atoms with van der Waals surface area (Å²) in [5, 5.41) is 1.43. The molecule has 4 rings (SSSR count). The minimum atomic E-state index is -0.391. The molecule has 0 spiro atoms. The van der Waals surface area contributed by atoms with Gasteiger partial charge in [0.2, 0.25) is 0 Å². The van der Waals surface area contributed by atoms with E-state index in [1.807, 2.05) is 40.7 Å². The van der Waals surface area contributed by atoms with Gasteiger partial charge in [0.25, 0.3) is 0 Å². The molecule has 6 heteroatoms. The minimum Gasteiger partial charge on any atom is -0.444 e. The Labute approximate surface area is 196 Å². The summed E-state index contributed by atoms with van der Waals surface area (Å²) >= 11 is 0. The van der Waals surface area contributed by atoms with Crippen molar-refractivity contribution in [1.29, 1.82) is 0 Å².